The zero-order valence-corrected chi connectivity index (χ0v) is 13.1. The predicted octanol–water partition coefficient (Wildman–Crippen LogP) is 2.02. The maximum Gasteiger partial charge on any atom is 0.0357 e. The number of methoxy groups -OCH3 is 1. The fourth-order valence-electron chi connectivity index (χ4n) is 1.40. The third-order valence-corrected chi connectivity index (χ3v) is 2.16. The van der Waals surface area contributed by atoms with E-state index in [2.05, 4.69) is 13.3 Å². The molecule has 0 saturated heterocycles. The molecule has 1 saturated carbocycles. The van der Waals surface area contributed by atoms with Crippen LogP contribution in [-0.2, 0) is 70.2 Å². The van der Waals surface area contributed by atoms with E-state index in [4.69, 9.17) is 4.74 Å². The van der Waals surface area contributed by atoms with Gasteiger partial charge in [-0.25, -0.2) is 0 Å². The summed E-state index contributed by atoms with van der Waals surface area (Å²) in [6.07, 6.45) is 6.59. The van der Waals surface area contributed by atoms with Crippen LogP contribution >= 0.6 is 0 Å². The van der Waals surface area contributed by atoms with Gasteiger partial charge in [-0.1, -0.05) is 19.8 Å². The van der Waals surface area contributed by atoms with Crippen molar-refractivity contribution in [3.63, 3.8) is 0 Å². The zero-order valence-electron chi connectivity index (χ0n) is 7.42. The molecule has 3 heteroatoms. The van der Waals surface area contributed by atoms with Gasteiger partial charge in [0.25, 0.3) is 0 Å². The minimum atomic E-state index is 0. The summed E-state index contributed by atoms with van der Waals surface area (Å²) in [4.78, 5) is 0. The van der Waals surface area contributed by atoms with Crippen LogP contribution in [-0.4, -0.2) is 13.2 Å². The van der Waals surface area contributed by atoms with Crippen LogP contribution in [0, 0.1) is 12.3 Å². The Hall–Kier alpha value is 2.17. The standard InChI is InChI=1S/C8H15O.2Y/c1-3-7-4-5-8(6-7)9-2;;/h4,7-8H,3,5-6H2,1-2H3;;/q-1;;. The van der Waals surface area contributed by atoms with Crippen molar-refractivity contribution in [2.24, 2.45) is 5.92 Å². The maximum absolute atomic E-state index is 5.21. The molecule has 0 aromatic carbocycles. The van der Waals surface area contributed by atoms with Crippen LogP contribution in [0.1, 0.15) is 26.2 Å². The van der Waals surface area contributed by atoms with Crippen LogP contribution in [0.4, 0.5) is 0 Å². The van der Waals surface area contributed by atoms with Crippen molar-refractivity contribution >= 4 is 0 Å². The van der Waals surface area contributed by atoms with E-state index in [1.165, 1.54) is 12.8 Å². The summed E-state index contributed by atoms with van der Waals surface area (Å²) in [6, 6.07) is 0. The van der Waals surface area contributed by atoms with Crippen LogP contribution in [0.3, 0.4) is 0 Å². The molecule has 0 heterocycles. The first-order valence-corrected chi connectivity index (χ1v) is 3.73. The average Bonchev–Trinajstić information content (AvgIpc) is 2.34. The molecule has 11 heavy (non-hydrogen) atoms. The number of rotatable bonds is 2. The Balaban J connectivity index is 0. The van der Waals surface area contributed by atoms with Gasteiger partial charge in [-0.05, 0) is 0 Å². The first-order valence-electron chi connectivity index (χ1n) is 3.73. The fourth-order valence-corrected chi connectivity index (χ4v) is 1.40. The van der Waals surface area contributed by atoms with Crippen LogP contribution in [0.25, 0.3) is 0 Å². The molecule has 1 rings (SSSR count). The molecule has 2 atom stereocenters. The van der Waals surface area contributed by atoms with E-state index >= 15 is 0 Å². The molecule has 0 aliphatic heterocycles. The van der Waals surface area contributed by atoms with Gasteiger partial charge < -0.3 is 11.2 Å². The second-order valence-corrected chi connectivity index (χ2v) is 2.73. The molecule has 0 spiro atoms. The molecule has 0 aromatic heterocycles. The van der Waals surface area contributed by atoms with Gasteiger partial charge in [0.05, 0.1) is 0 Å². The Kier molecular flexibility index (Phi) is 12.4. The van der Waals surface area contributed by atoms with E-state index in [1.54, 1.807) is 7.11 Å². The summed E-state index contributed by atoms with van der Waals surface area (Å²) in [6.45, 7) is 2.24. The molecular weight excluding hydrogens is 290 g/mol. The zero-order chi connectivity index (χ0) is 6.69. The third kappa shape index (κ3) is 5.47. The van der Waals surface area contributed by atoms with Gasteiger partial charge in [-0.2, -0.15) is 12.3 Å². The second-order valence-electron chi connectivity index (χ2n) is 2.73. The molecular formula is C8H15OY2-. The fraction of sp³-hybridized carbons (Fsp3) is 0.875. The normalized spacial score (nSPS) is 28.9. The summed E-state index contributed by atoms with van der Waals surface area (Å²) in [5.74, 6) is 0.829. The minimum Gasteiger partial charge on any atom is -0.384 e. The van der Waals surface area contributed by atoms with Crippen molar-refractivity contribution in [3.8, 4) is 0 Å². The Labute approximate surface area is 120 Å². The molecule has 2 radical (unpaired) electrons. The summed E-state index contributed by atoms with van der Waals surface area (Å²) in [7, 11) is 1.80. The van der Waals surface area contributed by atoms with E-state index in [0.29, 0.717) is 6.10 Å². The van der Waals surface area contributed by atoms with Crippen LogP contribution < -0.4 is 0 Å². The minimum absolute atomic E-state index is 0. The summed E-state index contributed by atoms with van der Waals surface area (Å²) >= 11 is 0. The first-order chi connectivity index (χ1) is 4.36. The van der Waals surface area contributed by atoms with E-state index in [-0.39, 0.29) is 65.4 Å². The number of ether oxygens (including phenoxy) is 1. The van der Waals surface area contributed by atoms with Crippen molar-refractivity contribution in [1.82, 2.24) is 0 Å². The van der Waals surface area contributed by atoms with Gasteiger partial charge >= 0.3 is 0 Å². The van der Waals surface area contributed by atoms with Crippen LogP contribution in [0.5, 0.6) is 0 Å². The van der Waals surface area contributed by atoms with Gasteiger partial charge in [-0.3, -0.25) is 0 Å². The molecule has 0 amide bonds. The summed E-state index contributed by atoms with van der Waals surface area (Å²) in [5, 5.41) is 0. The molecule has 0 N–H and O–H groups in total. The number of hydrogen-bond acceptors (Lipinski definition) is 1. The Morgan fingerprint density at radius 2 is 2.09 bits per heavy atom. The number of hydrogen-bond donors (Lipinski definition) is 0. The van der Waals surface area contributed by atoms with Crippen LogP contribution in [0.2, 0.25) is 0 Å². The summed E-state index contributed by atoms with van der Waals surface area (Å²) in [5.41, 5.74) is 0. The summed E-state index contributed by atoms with van der Waals surface area (Å²) < 4.78 is 5.21. The van der Waals surface area contributed by atoms with Crippen molar-refractivity contribution in [2.45, 2.75) is 32.3 Å². The van der Waals surface area contributed by atoms with Gasteiger partial charge in [0.15, 0.2) is 0 Å². The molecule has 1 fully saturated rings. The SMILES string of the molecule is CCC1[CH-]CC(OC)C1.[Y].[Y]. The van der Waals surface area contributed by atoms with Crippen molar-refractivity contribution in [1.29, 1.82) is 0 Å². The monoisotopic (exact) mass is 305 g/mol. The molecule has 0 aromatic rings. The van der Waals surface area contributed by atoms with E-state index in [9.17, 15) is 0 Å². The Morgan fingerprint density at radius 1 is 1.45 bits per heavy atom. The van der Waals surface area contributed by atoms with Crippen molar-refractivity contribution < 1.29 is 70.2 Å². The van der Waals surface area contributed by atoms with Crippen molar-refractivity contribution in [3.05, 3.63) is 6.42 Å². The second kappa shape index (κ2) is 8.75. The largest absolute Gasteiger partial charge is 0.384 e. The molecule has 1 nitrogen and oxygen atoms in total. The maximum atomic E-state index is 5.21. The Bertz CT molecular complexity index is 78.2. The van der Waals surface area contributed by atoms with E-state index < -0.39 is 0 Å². The molecule has 60 valence electrons. The predicted molar refractivity (Wildman–Crippen MR) is 38.1 cm³/mol. The Morgan fingerprint density at radius 3 is 2.36 bits per heavy atom. The van der Waals surface area contributed by atoms with E-state index in [1.807, 2.05) is 0 Å². The first kappa shape index (κ1) is 15.6. The van der Waals surface area contributed by atoms with Gasteiger partial charge in [-0.15, -0.1) is 0 Å². The third-order valence-electron chi connectivity index (χ3n) is 2.16. The molecule has 0 bridgehead atoms. The molecule has 1 aliphatic rings. The van der Waals surface area contributed by atoms with E-state index in [0.717, 1.165) is 12.3 Å². The molecule has 1 aliphatic carbocycles. The smallest absolute Gasteiger partial charge is 0.0357 e. The average molecular weight is 305 g/mol. The van der Waals surface area contributed by atoms with Gasteiger partial charge in [0.2, 0.25) is 0 Å². The van der Waals surface area contributed by atoms with Gasteiger partial charge in [0.1, 0.15) is 0 Å². The molecule has 2 unspecified atom stereocenters. The van der Waals surface area contributed by atoms with Crippen LogP contribution in [0.15, 0.2) is 0 Å². The topological polar surface area (TPSA) is 9.23 Å². The van der Waals surface area contributed by atoms with Gasteiger partial charge in [0, 0.05) is 78.6 Å². The quantitative estimate of drug-likeness (QED) is 0.709. The van der Waals surface area contributed by atoms with Crippen molar-refractivity contribution in [2.75, 3.05) is 7.11 Å².